The molecular formula is C16H24O4. The monoisotopic (exact) mass is 280 g/mol. The summed E-state index contributed by atoms with van der Waals surface area (Å²) in [5.74, 6) is 0.519. The van der Waals surface area contributed by atoms with Gasteiger partial charge in [0.05, 0.1) is 25.7 Å². The van der Waals surface area contributed by atoms with E-state index in [1.807, 2.05) is 39.0 Å². The van der Waals surface area contributed by atoms with Crippen molar-refractivity contribution in [2.24, 2.45) is 0 Å². The third kappa shape index (κ3) is 6.57. The zero-order valence-corrected chi connectivity index (χ0v) is 12.8. The summed E-state index contributed by atoms with van der Waals surface area (Å²) in [4.78, 5) is 11.4. The number of rotatable bonds is 8. The van der Waals surface area contributed by atoms with E-state index >= 15 is 0 Å². The van der Waals surface area contributed by atoms with Gasteiger partial charge in [-0.1, -0.05) is 6.07 Å². The summed E-state index contributed by atoms with van der Waals surface area (Å²) in [6.07, 6.45) is 0.399. The molecule has 4 nitrogen and oxygen atoms in total. The van der Waals surface area contributed by atoms with E-state index < -0.39 is 0 Å². The predicted molar refractivity (Wildman–Crippen MR) is 78.1 cm³/mol. The molecule has 0 atom stereocenters. The van der Waals surface area contributed by atoms with Crippen LogP contribution in [0, 0.1) is 13.8 Å². The second-order valence-corrected chi connectivity index (χ2v) is 4.98. The Morgan fingerprint density at radius 2 is 1.85 bits per heavy atom. The summed E-state index contributed by atoms with van der Waals surface area (Å²) in [5, 5.41) is 0. The second-order valence-electron chi connectivity index (χ2n) is 4.98. The average Bonchev–Trinajstić information content (AvgIpc) is 2.39. The van der Waals surface area contributed by atoms with Crippen molar-refractivity contribution in [2.75, 3.05) is 19.8 Å². The largest absolute Gasteiger partial charge is 0.493 e. The van der Waals surface area contributed by atoms with Gasteiger partial charge in [0, 0.05) is 0 Å². The van der Waals surface area contributed by atoms with Crippen LogP contribution in [0.4, 0.5) is 0 Å². The molecule has 1 aromatic rings. The first kappa shape index (κ1) is 16.5. The second kappa shape index (κ2) is 8.59. The predicted octanol–water partition coefficient (Wildman–Crippen LogP) is 3.04. The average molecular weight is 280 g/mol. The van der Waals surface area contributed by atoms with E-state index in [0.29, 0.717) is 19.8 Å². The Labute approximate surface area is 121 Å². The molecule has 0 heterocycles. The highest BCUT2D eigenvalue weighted by Gasteiger charge is 2.04. The van der Waals surface area contributed by atoms with E-state index in [2.05, 4.69) is 6.92 Å². The first-order valence-electron chi connectivity index (χ1n) is 6.96. The lowest BCUT2D eigenvalue weighted by Crippen LogP contribution is -2.15. The van der Waals surface area contributed by atoms with Gasteiger partial charge in [-0.15, -0.1) is 0 Å². The van der Waals surface area contributed by atoms with Gasteiger partial charge in [-0.25, -0.2) is 0 Å². The molecule has 0 radical (unpaired) electrons. The van der Waals surface area contributed by atoms with E-state index in [4.69, 9.17) is 14.2 Å². The molecule has 0 N–H and O–H groups in total. The van der Waals surface area contributed by atoms with Gasteiger partial charge in [0.2, 0.25) is 0 Å². The maximum Gasteiger partial charge on any atom is 0.309 e. The van der Waals surface area contributed by atoms with Crippen LogP contribution in [-0.4, -0.2) is 31.9 Å². The molecule has 1 rings (SSSR count). The Morgan fingerprint density at radius 3 is 2.50 bits per heavy atom. The van der Waals surface area contributed by atoms with E-state index in [9.17, 15) is 4.79 Å². The summed E-state index contributed by atoms with van der Waals surface area (Å²) in [6, 6.07) is 5.88. The molecule has 0 aliphatic heterocycles. The van der Waals surface area contributed by atoms with Crippen LogP contribution in [0.2, 0.25) is 0 Å². The van der Waals surface area contributed by atoms with Crippen LogP contribution in [0.25, 0.3) is 0 Å². The normalized spacial score (nSPS) is 10.7. The SMILES string of the molecule is Cc1ccc(OCCC(=O)OCCOC(C)C)cc1C. The third-order valence-corrected chi connectivity index (χ3v) is 2.85. The Kier molecular flexibility index (Phi) is 7.09. The number of carbonyl (C=O) groups excluding carboxylic acids is 1. The van der Waals surface area contributed by atoms with Gasteiger partial charge >= 0.3 is 5.97 Å². The fourth-order valence-corrected chi connectivity index (χ4v) is 1.57. The molecule has 4 heteroatoms. The zero-order chi connectivity index (χ0) is 15.0. The van der Waals surface area contributed by atoms with Gasteiger partial charge in [-0.2, -0.15) is 0 Å². The van der Waals surface area contributed by atoms with Crippen molar-refractivity contribution in [1.29, 1.82) is 0 Å². The molecule has 0 saturated carbocycles. The molecular weight excluding hydrogens is 256 g/mol. The molecule has 0 amide bonds. The molecule has 0 aliphatic rings. The molecule has 112 valence electrons. The maximum atomic E-state index is 11.4. The van der Waals surface area contributed by atoms with E-state index in [1.54, 1.807) is 0 Å². The van der Waals surface area contributed by atoms with Crippen molar-refractivity contribution < 1.29 is 19.0 Å². The maximum absolute atomic E-state index is 11.4. The topological polar surface area (TPSA) is 44.8 Å². The molecule has 0 aromatic heterocycles. The summed E-state index contributed by atoms with van der Waals surface area (Å²) < 4.78 is 15.8. The number of esters is 1. The van der Waals surface area contributed by atoms with Crippen molar-refractivity contribution in [3.63, 3.8) is 0 Å². The zero-order valence-electron chi connectivity index (χ0n) is 12.8. The third-order valence-electron chi connectivity index (χ3n) is 2.85. The van der Waals surface area contributed by atoms with Gasteiger partial charge < -0.3 is 14.2 Å². The van der Waals surface area contributed by atoms with Crippen molar-refractivity contribution in [3.05, 3.63) is 29.3 Å². The standard InChI is InChI=1S/C16H24O4/c1-12(2)18-9-10-20-16(17)7-8-19-15-6-5-13(3)14(4)11-15/h5-6,11-12H,7-10H2,1-4H3. The summed E-state index contributed by atoms with van der Waals surface area (Å²) in [5.41, 5.74) is 2.40. The number of aryl methyl sites for hydroxylation is 2. The van der Waals surface area contributed by atoms with E-state index in [-0.39, 0.29) is 18.5 Å². The molecule has 0 fully saturated rings. The first-order valence-corrected chi connectivity index (χ1v) is 6.96. The lowest BCUT2D eigenvalue weighted by atomic mass is 10.1. The molecule has 0 unspecified atom stereocenters. The van der Waals surface area contributed by atoms with Crippen LogP contribution >= 0.6 is 0 Å². The van der Waals surface area contributed by atoms with Gasteiger partial charge in [0.15, 0.2) is 0 Å². The molecule has 1 aromatic carbocycles. The lowest BCUT2D eigenvalue weighted by Gasteiger charge is -2.09. The molecule has 20 heavy (non-hydrogen) atoms. The van der Waals surface area contributed by atoms with Crippen LogP contribution < -0.4 is 4.74 Å². The minimum atomic E-state index is -0.263. The molecule has 0 bridgehead atoms. The molecule has 0 spiro atoms. The van der Waals surface area contributed by atoms with Crippen molar-refractivity contribution >= 4 is 5.97 Å². The Balaban J connectivity index is 2.16. The van der Waals surface area contributed by atoms with Crippen LogP contribution in [0.1, 0.15) is 31.4 Å². The Morgan fingerprint density at radius 1 is 1.10 bits per heavy atom. The van der Waals surface area contributed by atoms with Gasteiger partial charge in [-0.05, 0) is 51.0 Å². The van der Waals surface area contributed by atoms with Crippen LogP contribution in [-0.2, 0) is 14.3 Å². The van der Waals surface area contributed by atoms with Gasteiger partial charge in [0.25, 0.3) is 0 Å². The van der Waals surface area contributed by atoms with E-state index in [0.717, 1.165) is 5.75 Å². The number of hydrogen-bond donors (Lipinski definition) is 0. The van der Waals surface area contributed by atoms with Crippen molar-refractivity contribution in [3.8, 4) is 5.75 Å². The fraction of sp³-hybridized carbons (Fsp3) is 0.562. The fourth-order valence-electron chi connectivity index (χ4n) is 1.57. The lowest BCUT2D eigenvalue weighted by molar-refractivity contribution is -0.146. The molecule has 0 aliphatic carbocycles. The summed E-state index contributed by atoms with van der Waals surface area (Å²) in [6.45, 7) is 9.02. The number of carbonyl (C=O) groups is 1. The van der Waals surface area contributed by atoms with Crippen molar-refractivity contribution in [2.45, 2.75) is 40.2 Å². The number of hydrogen-bond acceptors (Lipinski definition) is 4. The van der Waals surface area contributed by atoms with Crippen LogP contribution in [0.3, 0.4) is 0 Å². The summed E-state index contributed by atoms with van der Waals surface area (Å²) >= 11 is 0. The van der Waals surface area contributed by atoms with Crippen LogP contribution in [0.5, 0.6) is 5.75 Å². The van der Waals surface area contributed by atoms with Crippen molar-refractivity contribution in [1.82, 2.24) is 0 Å². The smallest absolute Gasteiger partial charge is 0.309 e. The highest BCUT2D eigenvalue weighted by molar-refractivity contribution is 5.69. The Bertz CT molecular complexity index is 426. The first-order chi connectivity index (χ1) is 9.49. The van der Waals surface area contributed by atoms with E-state index in [1.165, 1.54) is 11.1 Å². The molecule has 0 saturated heterocycles. The minimum absolute atomic E-state index is 0.154. The minimum Gasteiger partial charge on any atom is -0.493 e. The van der Waals surface area contributed by atoms with Gasteiger partial charge in [0.1, 0.15) is 12.4 Å². The number of ether oxygens (including phenoxy) is 3. The Hall–Kier alpha value is -1.55. The summed E-state index contributed by atoms with van der Waals surface area (Å²) in [7, 11) is 0. The quantitative estimate of drug-likeness (QED) is 0.542. The number of benzene rings is 1. The highest BCUT2D eigenvalue weighted by atomic mass is 16.6. The highest BCUT2D eigenvalue weighted by Crippen LogP contribution is 2.16. The van der Waals surface area contributed by atoms with Gasteiger partial charge in [-0.3, -0.25) is 4.79 Å². The van der Waals surface area contributed by atoms with Crippen LogP contribution in [0.15, 0.2) is 18.2 Å².